The molecule has 0 saturated carbocycles. The van der Waals surface area contributed by atoms with Gasteiger partial charge in [0, 0.05) is 0 Å². The second-order valence-corrected chi connectivity index (χ2v) is 8.72. The molecule has 1 aromatic carbocycles. The van der Waals surface area contributed by atoms with Crippen molar-refractivity contribution in [2.75, 3.05) is 6.61 Å². The van der Waals surface area contributed by atoms with E-state index in [1.807, 2.05) is 0 Å². The molecule has 0 bridgehead atoms. The maximum atomic E-state index is 12.0. The summed E-state index contributed by atoms with van der Waals surface area (Å²) in [6.45, 7) is -0.419. The number of ether oxygens (including phenoxy) is 1. The fourth-order valence-electron chi connectivity index (χ4n) is 1.26. The first-order valence-corrected chi connectivity index (χ1v) is 7.61. The van der Waals surface area contributed by atoms with Crippen molar-refractivity contribution in [1.29, 1.82) is 0 Å². The van der Waals surface area contributed by atoms with Crippen LogP contribution in [0.2, 0.25) is 0 Å². The molecule has 0 aliphatic heterocycles. The SMILES string of the molecule is O=C(NC(OCC(Cl)(Cl)Cl)C(Cl)(Cl)Cl)c1ccccc1O. The summed E-state index contributed by atoms with van der Waals surface area (Å²) in [6.07, 6.45) is -1.38. The second-order valence-electron chi connectivity index (χ2n) is 3.84. The molecule has 1 amide bonds. The number of hydrogen-bond donors (Lipinski definition) is 2. The standard InChI is InChI=1S/C11H9Cl6NO3/c12-10(13,14)5-21-9(11(15,16)17)18-8(20)6-3-1-2-4-7(6)19/h1-4,9,19H,5H2,(H,18,20). The van der Waals surface area contributed by atoms with Crippen molar-refractivity contribution in [1.82, 2.24) is 5.32 Å². The molecule has 0 radical (unpaired) electrons. The molecule has 1 atom stereocenters. The number of aromatic hydroxyl groups is 1. The monoisotopic (exact) mass is 413 g/mol. The second kappa shape index (κ2) is 7.64. The first kappa shape index (κ1) is 19.2. The molecule has 0 heterocycles. The van der Waals surface area contributed by atoms with E-state index in [-0.39, 0.29) is 11.3 Å². The van der Waals surface area contributed by atoms with Crippen LogP contribution in [0.1, 0.15) is 10.4 Å². The van der Waals surface area contributed by atoms with Gasteiger partial charge >= 0.3 is 0 Å². The Bertz CT molecular complexity index is 499. The third-order valence-electron chi connectivity index (χ3n) is 2.12. The Morgan fingerprint density at radius 2 is 1.76 bits per heavy atom. The molecule has 0 saturated heterocycles. The Morgan fingerprint density at radius 1 is 1.19 bits per heavy atom. The van der Waals surface area contributed by atoms with Crippen LogP contribution in [0.5, 0.6) is 5.75 Å². The van der Waals surface area contributed by atoms with Crippen molar-refractivity contribution in [2.45, 2.75) is 13.8 Å². The molecular weight excluding hydrogens is 407 g/mol. The maximum absolute atomic E-state index is 12.0. The largest absolute Gasteiger partial charge is 0.507 e. The summed E-state index contributed by atoms with van der Waals surface area (Å²) in [5.74, 6) is -0.951. The van der Waals surface area contributed by atoms with Crippen LogP contribution in [0.15, 0.2) is 24.3 Å². The lowest BCUT2D eigenvalue weighted by Gasteiger charge is -2.27. The van der Waals surface area contributed by atoms with Crippen LogP contribution in [0.25, 0.3) is 0 Å². The summed E-state index contributed by atoms with van der Waals surface area (Å²) in [5.41, 5.74) is -0.0192. The highest BCUT2D eigenvalue weighted by atomic mass is 35.6. The van der Waals surface area contributed by atoms with Gasteiger partial charge in [-0.2, -0.15) is 0 Å². The number of halogens is 6. The van der Waals surface area contributed by atoms with E-state index in [1.54, 1.807) is 12.1 Å². The molecule has 1 aromatic rings. The van der Waals surface area contributed by atoms with Crippen molar-refractivity contribution in [3.63, 3.8) is 0 Å². The van der Waals surface area contributed by atoms with Crippen molar-refractivity contribution < 1.29 is 14.6 Å². The minimum absolute atomic E-state index is 0.0192. The average molecular weight is 416 g/mol. The van der Waals surface area contributed by atoms with E-state index in [4.69, 9.17) is 74.3 Å². The third-order valence-corrected chi connectivity index (χ3v) is 3.04. The number of amides is 1. The van der Waals surface area contributed by atoms with Crippen LogP contribution < -0.4 is 5.32 Å². The maximum Gasteiger partial charge on any atom is 0.257 e. The van der Waals surface area contributed by atoms with Crippen LogP contribution in [0.4, 0.5) is 0 Å². The molecule has 1 unspecified atom stereocenters. The van der Waals surface area contributed by atoms with Gasteiger partial charge in [-0.05, 0) is 12.1 Å². The molecule has 4 nitrogen and oxygen atoms in total. The van der Waals surface area contributed by atoms with Crippen molar-refractivity contribution >= 4 is 75.5 Å². The normalized spacial score (nSPS) is 13.8. The first-order chi connectivity index (χ1) is 9.50. The predicted molar refractivity (Wildman–Crippen MR) is 85.9 cm³/mol. The lowest BCUT2D eigenvalue weighted by Crippen LogP contribution is -2.46. The molecule has 0 aliphatic carbocycles. The lowest BCUT2D eigenvalue weighted by molar-refractivity contribution is 0.0323. The molecule has 2 N–H and O–H groups in total. The number of phenols is 1. The van der Waals surface area contributed by atoms with Crippen molar-refractivity contribution in [3.8, 4) is 5.75 Å². The summed E-state index contributed by atoms with van der Waals surface area (Å²) in [4.78, 5) is 12.0. The number of phenolic OH excluding ortho intramolecular Hbond substituents is 1. The Balaban J connectivity index is 2.82. The molecule has 21 heavy (non-hydrogen) atoms. The molecule has 0 fully saturated rings. The number of para-hydroxylation sites is 1. The topological polar surface area (TPSA) is 58.6 Å². The Morgan fingerprint density at radius 3 is 2.24 bits per heavy atom. The lowest BCUT2D eigenvalue weighted by atomic mass is 10.2. The fraction of sp³-hybridized carbons (Fsp3) is 0.364. The Kier molecular flexibility index (Phi) is 7.00. The van der Waals surface area contributed by atoms with E-state index in [0.29, 0.717) is 0 Å². The highest BCUT2D eigenvalue weighted by Gasteiger charge is 2.37. The minimum Gasteiger partial charge on any atom is -0.507 e. The van der Waals surface area contributed by atoms with Crippen LogP contribution in [-0.2, 0) is 4.74 Å². The van der Waals surface area contributed by atoms with Gasteiger partial charge in [-0.15, -0.1) is 0 Å². The Labute approximate surface area is 151 Å². The van der Waals surface area contributed by atoms with Gasteiger partial charge < -0.3 is 15.2 Å². The number of rotatable bonds is 4. The van der Waals surface area contributed by atoms with E-state index >= 15 is 0 Å². The van der Waals surface area contributed by atoms with Crippen LogP contribution in [0, 0.1) is 0 Å². The van der Waals surface area contributed by atoms with Crippen LogP contribution in [-0.4, -0.2) is 31.4 Å². The van der Waals surface area contributed by atoms with Gasteiger partial charge in [-0.1, -0.05) is 81.7 Å². The van der Waals surface area contributed by atoms with Crippen molar-refractivity contribution in [2.24, 2.45) is 0 Å². The highest BCUT2D eigenvalue weighted by molar-refractivity contribution is 6.68. The van der Waals surface area contributed by atoms with E-state index in [0.717, 1.165) is 0 Å². The zero-order valence-corrected chi connectivity index (χ0v) is 14.7. The summed E-state index contributed by atoms with van der Waals surface area (Å²) in [6, 6.07) is 5.83. The predicted octanol–water partition coefficient (Wildman–Crippen LogP) is 4.21. The van der Waals surface area contributed by atoms with E-state index < -0.39 is 26.3 Å². The number of hydrogen-bond acceptors (Lipinski definition) is 3. The average Bonchev–Trinajstić information content (AvgIpc) is 2.32. The molecule has 0 spiro atoms. The number of carbonyl (C=O) groups is 1. The molecule has 10 heteroatoms. The number of carbonyl (C=O) groups excluding carboxylic acids is 1. The van der Waals surface area contributed by atoms with Gasteiger partial charge in [0.15, 0.2) is 6.23 Å². The zero-order chi connectivity index (χ0) is 16.3. The zero-order valence-electron chi connectivity index (χ0n) is 10.1. The van der Waals surface area contributed by atoms with E-state index in [1.165, 1.54) is 12.1 Å². The Hall–Kier alpha value is 0.190. The summed E-state index contributed by atoms with van der Waals surface area (Å²) in [7, 11) is 0. The summed E-state index contributed by atoms with van der Waals surface area (Å²) < 4.78 is 1.35. The smallest absolute Gasteiger partial charge is 0.257 e. The number of nitrogens with one attached hydrogen (secondary N) is 1. The van der Waals surface area contributed by atoms with Gasteiger partial charge in [-0.25, -0.2) is 0 Å². The van der Waals surface area contributed by atoms with E-state index in [2.05, 4.69) is 5.32 Å². The van der Waals surface area contributed by atoms with Gasteiger partial charge in [-0.3, -0.25) is 4.79 Å². The number of benzene rings is 1. The molecule has 118 valence electrons. The van der Waals surface area contributed by atoms with Crippen LogP contribution in [0.3, 0.4) is 0 Å². The van der Waals surface area contributed by atoms with Gasteiger partial charge in [0.05, 0.1) is 12.2 Å². The number of alkyl halides is 6. The molecular formula is C11H9Cl6NO3. The van der Waals surface area contributed by atoms with E-state index in [9.17, 15) is 9.90 Å². The van der Waals surface area contributed by atoms with Gasteiger partial charge in [0.2, 0.25) is 7.59 Å². The highest BCUT2D eigenvalue weighted by Crippen LogP contribution is 2.34. The fourth-order valence-corrected chi connectivity index (χ4v) is 1.80. The van der Waals surface area contributed by atoms with Crippen LogP contribution >= 0.6 is 69.6 Å². The summed E-state index contributed by atoms with van der Waals surface area (Å²) in [5, 5.41) is 11.9. The summed E-state index contributed by atoms with van der Waals surface area (Å²) >= 11 is 33.7. The third kappa shape index (κ3) is 6.87. The molecule has 0 aliphatic rings. The minimum atomic E-state index is -2.00. The molecule has 1 rings (SSSR count). The quantitative estimate of drug-likeness (QED) is 0.572. The van der Waals surface area contributed by atoms with Crippen molar-refractivity contribution in [3.05, 3.63) is 29.8 Å². The van der Waals surface area contributed by atoms with Gasteiger partial charge in [0.25, 0.3) is 5.91 Å². The molecule has 0 aromatic heterocycles. The first-order valence-electron chi connectivity index (χ1n) is 5.34. The van der Waals surface area contributed by atoms with Gasteiger partial charge in [0.1, 0.15) is 5.75 Å².